The second kappa shape index (κ2) is 10.1. The summed E-state index contributed by atoms with van der Waals surface area (Å²) >= 11 is 0. The van der Waals surface area contributed by atoms with E-state index < -0.39 is 10.8 Å². The molecule has 0 bridgehead atoms. The summed E-state index contributed by atoms with van der Waals surface area (Å²) in [7, 11) is -1.21. The Balaban J connectivity index is 1.49. The molecule has 5 nitrogen and oxygen atoms in total. The molecule has 0 saturated carbocycles. The predicted molar refractivity (Wildman–Crippen MR) is 114 cm³/mol. The second-order valence-electron chi connectivity index (χ2n) is 6.66. The minimum atomic E-state index is -1.21. The normalized spacial score (nSPS) is 11.8. The van der Waals surface area contributed by atoms with Crippen molar-refractivity contribution in [2.24, 2.45) is 0 Å². The third-order valence-electron chi connectivity index (χ3n) is 4.34. The quantitative estimate of drug-likeness (QED) is 0.571. The van der Waals surface area contributed by atoms with Crippen LogP contribution in [-0.2, 0) is 23.0 Å². The van der Waals surface area contributed by atoms with Crippen LogP contribution in [0.4, 0.5) is 0 Å². The number of carbonyl (C=O) groups excluding carboxylic acids is 1. The van der Waals surface area contributed by atoms with Crippen molar-refractivity contribution in [1.29, 1.82) is 0 Å². The molecule has 2 aromatic carbocycles. The number of hydrogen-bond acceptors (Lipinski definition) is 4. The maximum absolute atomic E-state index is 12.5. The summed E-state index contributed by atoms with van der Waals surface area (Å²) < 4.78 is 23.5. The van der Waals surface area contributed by atoms with Gasteiger partial charge in [0.1, 0.15) is 11.5 Å². The highest BCUT2D eigenvalue weighted by atomic mass is 32.2. The van der Waals surface area contributed by atoms with Crippen LogP contribution in [-0.4, -0.2) is 23.3 Å². The van der Waals surface area contributed by atoms with E-state index in [1.165, 1.54) is 0 Å². The molecule has 1 amide bonds. The number of furan rings is 1. The summed E-state index contributed by atoms with van der Waals surface area (Å²) in [6, 6.07) is 18.7. The van der Waals surface area contributed by atoms with Gasteiger partial charge < -0.3 is 14.5 Å². The van der Waals surface area contributed by atoms with Crippen molar-refractivity contribution in [1.82, 2.24) is 5.32 Å². The molecule has 1 atom stereocenters. The minimum absolute atomic E-state index is 0.230. The Morgan fingerprint density at radius 1 is 1.10 bits per heavy atom. The van der Waals surface area contributed by atoms with Crippen molar-refractivity contribution in [3.05, 3.63) is 83.3 Å². The van der Waals surface area contributed by atoms with Crippen LogP contribution in [0.3, 0.4) is 0 Å². The molecular formula is C23H25NO4S. The molecule has 0 aliphatic rings. The van der Waals surface area contributed by atoms with Gasteiger partial charge in [0.15, 0.2) is 5.76 Å². The van der Waals surface area contributed by atoms with Gasteiger partial charge in [-0.05, 0) is 67.8 Å². The molecule has 0 saturated heterocycles. The number of rotatable bonds is 9. The summed E-state index contributed by atoms with van der Waals surface area (Å²) in [6.07, 6.45) is 0.711. The van der Waals surface area contributed by atoms with Gasteiger partial charge in [0.25, 0.3) is 5.91 Å². The Hall–Kier alpha value is -2.86. The van der Waals surface area contributed by atoms with E-state index in [0.29, 0.717) is 25.3 Å². The van der Waals surface area contributed by atoms with Crippen LogP contribution < -0.4 is 10.1 Å². The molecule has 6 heteroatoms. The molecule has 152 valence electrons. The van der Waals surface area contributed by atoms with Crippen molar-refractivity contribution in [2.75, 3.05) is 13.2 Å². The molecule has 0 unspecified atom stereocenters. The van der Waals surface area contributed by atoms with Crippen molar-refractivity contribution in [2.45, 2.75) is 30.9 Å². The highest BCUT2D eigenvalue weighted by Gasteiger charge is 2.13. The Morgan fingerprint density at radius 3 is 2.62 bits per heavy atom. The lowest BCUT2D eigenvalue weighted by Gasteiger charge is -2.06. The smallest absolute Gasteiger partial charge is 0.287 e. The summed E-state index contributed by atoms with van der Waals surface area (Å²) in [5.41, 5.74) is 2.17. The molecule has 0 fully saturated rings. The lowest BCUT2D eigenvalue weighted by molar-refractivity contribution is 0.0925. The van der Waals surface area contributed by atoms with Gasteiger partial charge in [0, 0.05) is 11.4 Å². The van der Waals surface area contributed by atoms with Crippen molar-refractivity contribution < 1.29 is 18.2 Å². The predicted octanol–water partition coefficient (Wildman–Crippen LogP) is 4.27. The van der Waals surface area contributed by atoms with E-state index in [9.17, 15) is 9.00 Å². The molecule has 1 aromatic heterocycles. The number of benzene rings is 2. The zero-order chi connectivity index (χ0) is 20.6. The third kappa shape index (κ3) is 6.06. The largest absolute Gasteiger partial charge is 0.494 e. The number of hydrogen-bond donors (Lipinski definition) is 1. The monoisotopic (exact) mass is 411 g/mol. The van der Waals surface area contributed by atoms with E-state index in [1.54, 1.807) is 12.1 Å². The van der Waals surface area contributed by atoms with Crippen LogP contribution in [0.2, 0.25) is 0 Å². The second-order valence-corrected chi connectivity index (χ2v) is 8.11. The van der Waals surface area contributed by atoms with E-state index >= 15 is 0 Å². The van der Waals surface area contributed by atoms with E-state index in [2.05, 4.69) is 5.32 Å². The maximum atomic E-state index is 12.5. The van der Waals surface area contributed by atoms with Crippen LogP contribution in [0.5, 0.6) is 5.75 Å². The van der Waals surface area contributed by atoms with Gasteiger partial charge >= 0.3 is 0 Å². The zero-order valence-electron chi connectivity index (χ0n) is 16.6. The Morgan fingerprint density at radius 2 is 1.90 bits per heavy atom. The Bertz CT molecular complexity index is 979. The number of aryl methyl sites for hydroxylation is 1. The minimum Gasteiger partial charge on any atom is -0.494 e. The molecule has 0 aliphatic heterocycles. The average molecular weight is 412 g/mol. The van der Waals surface area contributed by atoms with E-state index in [-0.39, 0.29) is 17.4 Å². The van der Waals surface area contributed by atoms with Crippen LogP contribution >= 0.6 is 0 Å². The van der Waals surface area contributed by atoms with Crippen LogP contribution in [0.15, 0.2) is 70.0 Å². The van der Waals surface area contributed by atoms with Gasteiger partial charge in [-0.1, -0.05) is 24.3 Å². The summed E-state index contributed by atoms with van der Waals surface area (Å²) in [6.45, 7) is 5.05. The van der Waals surface area contributed by atoms with E-state index in [0.717, 1.165) is 21.8 Å². The van der Waals surface area contributed by atoms with Crippen LogP contribution in [0.25, 0.3) is 0 Å². The maximum Gasteiger partial charge on any atom is 0.287 e. The molecule has 0 radical (unpaired) electrons. The first-order valence-electron chi connectivity index (χ1n) is 9.59. The fraction of sp³-hybridized carbons (Fsp3) is 0.261. The third-order valence-corrected chi connectivity index (χ3v) is 5.67. The van der Waals surface area contributed by atoms with Crippen LogP contribution in [0, 0.1) is 6.92 Å². The lowest BCUT2D eigenvalue weighted by atomic mass is 10.1. The topological polar surface area (TPSA) is 68.5 Å². The summed E-state index contributed by atoms with van der Waals surface area (Å²) in [4.78, 5) is 13.0. The van der Waals surface area contributed by atoms with Crippen LogP contribution in [0.1, 0.15) is 34.4 Å². The van der Waals surface area contributed by atoms with Gasteiger partial charge in [0.05, 0.1) is 23.2 Å². The zero-order valence-corrected chi connectivity index (χ0v) is 17.5. The van der Waals surface area contributed by atoms with E-state index in [1.807, 2.05) is 62.4 Å². The fourth-order valence-electron chi connectivity index (χ4n) is 2.87. The van der Waals surface area contributed by atoms with Gasteiger partial charge in [-0.2, -0.15) is 0 Å². The van der Waals surface area contributed by atoms with Crippen molar-refractivity contribution in [3.63, 3.8) is 0 Å². The first-order valence-corrected chi connectivity index (χ1v) is 10.9. The van der Waals surface area contributed by atoms with Gasteiger partial charge in [-0.3, -0.25) is 9.00 Å². The van der Waals surface area contributed by atoms with Gasteiger partial charge in [-0.25, -0.2) is 0 Å². The summed E-state index contributed by atoms with van der Waals surface area (Å²) in [5.74, 6) is 1.56. The highest BCUT2D eigenvalue weighted by molar-refractivity contribution is 7.84. The van der Waals surface area contributed by atoms with Gasteiger partial charge in [0.2, 0.25) is 0 Å². The first-order chi connectivity index (χ1) is 14.0. The highest BCUT2D eigenvalue weighted by Crippen LogP contribution is 2.16. The molecule has 0 aliphatic carbocycles. The number of ether oxygens (including phenoxy) is 1. The van der Waals surface area contributed by atoms with Crippen molar-refractivity contribution >= 4 is 16.7 Å². The van der Waals surface area contributed by atoms with Gasteiger partial charge in [-0.15, -0.1) is 0 Å². The SMILES string of the molecule is CCOc1ccc(CCNC(=O)c2ccc(C[S@@](=O)c3cccc(C)c3)o2)cc1. The molecule has 3 rings (SSSR count). The fourth-order valence-corrected chi connectivity index (χ4v) is 4.00. The number of amides is 1. The number of carbonyl (C=O) groups is 1. The summed E-state index contributed by atoms with van der Waals surface area (Å²) in [5, 5.41) is 2.85. The average Bonchev–Trinajstić information content (AvgIpc) is 3.18. The standard InChI is InChI=1S/C23H25NO4S/c1-3-27-19-9-7-18(8-10-19)13-14-24-23(25)22-12-11-20(28-22)16-29(26)21-6-4-5-17(2)15-21/h4-12,15H,3,13-14,16H2,1-2H3,(H,24,25)/t29-/m1/s1. The molecular weight excluding hydrogens is 386 g/mol. The van der Waals surface area contributed by atoms with Crippen molar-refractivity contribution in [3.8, 4) is 5.75 Å². The molecule has 0 spiro atoms. The lowest BCUT2D eigenvalue weighted by Crippen LogP contribution is -2.25. The van der Waals surface area contributed by atoms with E-state index in [4.69, 9.17) is 9.15 Å². The molecule has 29 heavy (non-hydrogen) atoms. The Labute approximate surface area is 173 Å². The first kappa shape index (κ1) is 20.9. The Kier molecular flexibility index (Phi) is 7.25. The molecule has 3 aromatic rings. The molecule has 1 heterocycles. The number of nitrogens with one attached hydrogen (secondary N) is 1. The molecule has 1 N–H and O–H groups in total.